The van der Waals surface area contributed by atoms with Crippen LogP contribution in [0.25, 0.3) is 0 Å². The Balaban J connectivity index is 3.79. The van der Waals surface area contributed by atoms with E-state index in [9.17, 15) is 0 Å². The Bertz CT molecular complexity index is 199. The van der Waals surface area contributed by atoms with Gasteiger partial charge in [-0.15, -0.1) is 0 Å². The van der Waals surface area contributed by atoms with Gasteiger partial charge in [0.1, 0.15) is 0 Å². The Morgan fingerprint density at radius 1 is 0.789 bits per heavy atom. The highest BCUT2D eigenvalue weighted by molar-refractivity contribution is 7.81. The average Bonchev–Trinajstić information content (AvgIpc) is 2.28. The van der Waals surface area contributed by atoms with Gasteiger partial charge in [0.15, 0.2) is 0 Å². The van der Waals surface area contributed by atoms with Crippen LogP contribution in [0.3, 0.4) is 0 Å². The van der Waals surface area contributed by atoms with Crippen LogP contribution in [-0.4, -0.2) is 67.8 Å². The molecule has 19 heavy (non-hydrogen) atoms. The van der Waals surface area contributed by atoms with E-state index in [4.69, 9.17) is 24.4 Å². The fourth-order valence-corrected chi connectivity index (χ4v) is 1.58. The molecule has 0 aromatic rings. The number of thiol groups is 1. The fourth-order valence-electron chi connectivity index (χ4n) is 1.40. The molecule has 0 fully saturated rings. The van der Waals surface area contributed by atoms with E-state index < -0.39 is 0 Å². The molecule has 5 nitrogen and oxygen atoms in total. The molecule has 0 amide bonds. The molecule has 0 radical (unpaired) electrons. The molecule has 1 atom stereocenters. The second-order valence-corrected chi connectivity index (χ2v) is 6.79. The van der Waals surface area contributed by atoms with Crippen LogP contribution in [0.2, 0.25) is 0 Å². The molecule has 2 N–H and O–H groups in total. The summed E-state index contributed by atoms with van der Waals surface area (Å²) in [5.74, 6) is 0. The number of ether oxygens (including phenoxy) is 3. The third-order valence-corrected chi connectivity index (χ3v) is 2.54. The van der Waals surface area contributed by atoms with Gasteiger partial charge >= 0.3 is 0 Å². The SMILES string of the molecule is CC(C)(COCCO)COCC(C)(S)COCCO. The molecule has 0 bridgehead atoms. The predicted octanol–water partition coefficient (Wildman–Crippen LogP) is 0.735. The quantitative estimate of drug-likeness (QED) is 0.366. The van der Waals surface area contributed by atoms with Crippen molar-refractivity contribution in [3.05, 3.63) is 0 Å². The maximum atomic E-state index is 8.65. The second-order valence-electron chi connectivity index (χ2n) is 5.71. The zero-order valence-corrected chi connectivity index (χ0v) is 13.1. The monoisotopic (exact) mass is 296 g/mol. The van der Waals surface area contributed by atoms with Gasteiger partial charge in [-0.1, -0.05) is 13.8 Å². The van der Waals surface area contributed by atoms with E-state index in [1.807, 2.05) is 20.8 Å². The van der Waals surface area contributed by atoms with Crippen molar-refractivity contribution in [3.63, 3.8) is 0 Å². The Morgan fingerprint density at radius 3 is 1.74 bits per heavy atom. The van der Waals surface area contributed by atoms with Crippen molar-refractivity contribution < 1.29 is 24.4 Å². The molecule has 0 aromatic heterocycles. The highest BCUT2D eigenvalue weighted by Crippen LogP contribution is 2.19. The van der Waals surface area contributed by atoms with Crippen LogP contribution >= 0.6 is 12.6 Å². The minimum absolute atomic E-state index is 0.0138. The minimum atomic E-state index is -0.378. The number of aliphatic hydroxyl groups excluding tert-OH is 2. The van der Waals surface area contributed by atoms with Crippen molar-refractivity contribution in [1.82, 2.24) is 0 Å². The summed E-state index contributed by atoms with van der Waals surface area (Å²) in [5.41, 5.74) is -0.106. The van der Waals surface area contributed by atoms with Gasteiger partial charge in [0, 0.05) is 5.41 Å². The summed E-state index contributed by atoms with van der Waals surface area (Å²) in [7, 11) is 0. The third kappa shape index (κ3) is 11.7. The lowest BCUT2D eigenvalue weighted by Crippen LogP contribution is -2.34. The first kappa shape index (κ1) is 19.1. The molecule has 0 spiro atoms. The van der Waals surface area contributed by atoms with Crippen LogP contribution in [0.15, 0.2) is 0 Å². The zero-order chi connectivity index (χ0) is 14.8. The minimum Gasteiger partial charge on any atom is -0.394 e. The molecule has 0 saturated carbocycles. The van der Waals surface area contributed by atoms with Crippen LogP contribution in [0.1, 0.15) is 20.8 Å². The van der Waals surface area contributed by atoms with Crippen LogP contribution in [0.4, 0.5) is 0 Å². The normalized spacial score (nSPS) is 15.5. The van der Waals surface area contributed by atoms with E-state index in [2.05, 4.69) is 12.6 Å². The van der Waals surface area contributed by atoms with Crippen LogP contribution in [0.5, 0.6) is 0 Å². The first-order chi connectivity index (χ1) is 8.83. The van der Waals surface area contributed by atoms with Gasteiger partial charge in [0.05, 0.1) is 57.6 Å². The highest BCUT2D eigenvalue weighted by Gasteiger charge is 2.23. The lowest BCUT2D eigenvalue weighted by atomic mass is 9.96. The molecule has 0 rings (SSSR count). The molecule has 0 aliphatic carbocycles. The Hall–Kier alpha value is 0.150. The summed E-state index contributed by atoms with van der Waals surface area (Å²) in [6.07, 6.45) is 0. The molecule has 1 unspecified atom stereocenters. The van der Waals surface area contributed by atoms with Crippen LogP contribution in [0, 0.1) is 5.41 Å². The van der Waals surface area contributed by atoms with Crippen molar-refractivity contribution in [2.24, 2.45) is 5.41 Å². The number of rotatable bonds is 12. The topological polar surface area (TPSA) is 68.2 Å². The van der Waals surface area contributed by atoms with E-state index in [1.54, 1.807) is 0 Å². The van der Waals surface area contributed by atoms with Gasteiger partial charge in [-0.3, -0.25) is 0 Å². The standard InChI is InChI=1S/C13H28O5S/c1-12(2,8-16-6-4-14)9-18-11-13(3,19)10-17-7-5-15/h14-15,19H,4-11H2,1-3H3. The largest absolute Gasteiger partial charge is 0.394 e. The van der Waals surface area contributed by atoms with Crippen LogP contribution in [-0.2, 0) is 14.2 Å². The Kier molecular flexibility index (Phi) is 10.0. The predicted molar refractivity (Wildman–Crippen MR) is 77.8 cm³/mol. The molecule has 0 aliphatic rings. The molecule has 0 aromatic carbocycles. The second kappa shape index (κ2) is 9.96. The maximum absolute atomic E-state index is 8.65. The van der Waals surface area contributed by atoms with Crippen molar-refractivity contribution in [2.45, 2.75) is 25.5 Å². The maximum Gasteiger partial charge on any atom is 0.0698 e. The van der Waals surface area contributed by atoms with Gasteiger partial charge in [-0.05, 0) is 6.92 Å². The fraction of sp³-hybridized carbons (Fsp3) is 1.00. The first-order valence-electron chi connectivity index (χ1n) is 6.50. The van der Waals surface area contributed by atoms with Crippen molar-refractivity contribution in [3.8, 4) is 0 Å². The smallest absolute Gasteiger partial charge is 0.0698 e. The van der Waals surface area contributed by atoms with E-state index >= 15 is 0 Å². The van der Waals surface area contributed by atoms with Crippen LogP contribution < -0.4 is 0 Å². The van der Waals surface area contributed by atoms with E-state index in [-0.39, 0.29) is 23.4 Å². The molecule has 6 heteroatoms. The zero-order valence-electron chi connectivity index (χ0n) is 12.2. The van der Waals surface area contributed by atoms with E-state index in [0.29, 0.717) is 39.6 Å². The summed E-state index contributed by atoms with van der Waals surface area (Å²) in [5, 5.41) is 17.3. The number of hydrogen-bond acceptors (Lipinski definition) is 6. The van der Waals surface area contributed by atoms with Crippen molar-refractivity contribution in [2.75, 3.05) is 52.9 Å². The molecule has 116 valence electrons. The lowest BCUT2D eigenvalue weighted by molar-refractivity contribution is -0.0231. The molecular weight excluding hydrogens is 268 g/mol. The van der Waals surface area contributed by atoms with Gasteiger partial charge in [0.2, 0.25) is 0 Å². The summed E-state index contributed by atoms with van der Waals surface area (Å²) in [4.78, 5) is 0. The molecule has 0 aliphatic heterocycles. The third-order valence-electron chi connectivity index (χ3n) is 2.28. The average molecular weight is 296 g/mol. The molecule has 0 heterocycles. The number of hydrogen-bond donors (Lipinski definition) is 3. The van der Waals surface area contributed by atoms with Crippen molar-refractivity contribution in [1.29, 1.82) is 0 Å². The summed E-state index contributed by atoms with van der Waals surface area (Å²) < 4.78 is 15.8. The van der Waals surface area contributed by atoms with Crippen molar-refractivity contribution >= 4 is 12.6 Å². The molecule has 0 saturated heterocycles. The summed E-state index contributed by atoms with van der Waals surface area (Å²) in [6, 6.07) is 0. The first-order valence-corrected chi connectivity index (χ1v) is 6.95. The number of aliphatic hydroxyl groups is 2. The summed E-state index contributed by atoms with van der Waals surface area (Å²) in [6.45, 7) is 8.72. The van der Waals surface area contributed by atoms with E-state index in [0.717, 1.165) is 0 Å². The Morgan fingerprint density at radius 2 is 1.21 bits per heavy atom. The van der Waals surface area contributed by atoms with Gasteiger partial charge in [-0.25, -0.2) is 0 Å². The van der Waals surface area contributed by atoms with Gasteiger partial charge in [0.25, 0.3) is 0 Å². The lowest BCUT2D eigenvalue weighted by Gasteiger charge is -2.28. The van der Waals surface area contributed by atoms with E-state index in [1.165, 1.54) is 0 Å². The highest BCUT2D eigenvalue weighted by atomic mass is 32.1. The van der Waals surface area contributed by atoms with Gasteiger partial charge in [-0.2, -0.15) is 12.6 Å². The Labute approximate surface area is 121 Å². The summed E-state index contributed by atoms with van der Waals surface area (Å²) >= 11 is 4.48. The van der Waals surface area contributed by atoms with Gasteiger partial charge < -0.3 is 24.4 Å². The molecular formula is C13H28O5S.